The third kappa shape index (κ3) is 3.59. The van der Waals surface area contributed by atoms with E-state index in [-0.39, 0.29) is 5.91 Å². The van der Waals surface area contributed by atoms with Crippen LogP contribution in [0.15, 0.2) is 66.7 Å². The van der Waals surface area contributed by atoms with E-state index >= 15 is 0 Å². The number of nitrogens with one attached hydrogen (secondary N) is 1. The number of H-pyrrole nitrogens is 1. The van der Waals surface area contributed by atoms with E-state index in [0.717, 1.165) is 35.5 Å². The normalized spacial score (nSPS) is 14.1. The molecule has 0 bridgehead atoms. The maximum atomic E-state index is 13.0. The van der Waals surface area contributed by atoms with E-state index in [1.54, 1.807) is 0 Å². The molecular formula is C24H24N2O. The molecule has 0 aliphatic carbocycles. The lowest BCUT2D eigenvalue weighted by atomic mass is 9.99. The predicted octanol–water partition coefficient (Wildman–Crippen LogP) is 5.23. The van der Waals surface area contributed by atoms with Crippen molar-refractivity contribution in [2.75, 3.05) is 13.1 Å². The van der Waals surface area contributed by atoms with Gasteiger partial charge in [-0.2, -0.15) is 0 Å². The maximum absolute atomic E-state index is 13.0. The first-order valence-electron chi connectivity index (χ1n) is 9.42. The zero-order valence-electron chi connectivity index (χ0n) is 15.8. The quantitative estimate of drug-likeness (QED) is 0.685. The van der Waals surface area contributed by atoms with E-state index in [2.05, 4.69) is 66.5 Å². The Labute approximate surface area is 160 Å². The van der Waals surface area contributed by atoms with Gasteiger partial charge >= 0.3 is 0 Å². The lowest BCUT2D eigenvalue weighted by Gasteiger charge is -2.26. The van der Waals surface area contributed by atoms with Crippen molar-refractivity contribution in [2.24, 2.45) is 0 Å². The molecule has 1 amide bonds. The van der Waals surface area contributed by atoms with Crippen LogP contribution in [0.1, 0.15) is 33.6 Å². The van der Waals surface area contributed by atoms with Crippen molar-refractivity contribution in [2.45, 2.75) is 20.3 Å². The van der Waals surface area contributed by atoms with Crippen molar-refractivity contribution in [3.8, 4) is 11.3 Å². The Morgan fingerprint density at radius 1 is 0.963 bits per heavy atom. The highest BCUT2D eigenvalue weighted by Crippen LogP contribution is 2.26. The number of rotatable bonds is 3. The third-order valence-electron chi connectivity index (χ3n) is 5.25. The van der Waals surface area contributed by atoms with Gasteiger partial charge in [0.25, 0.3) is 5.91 Å². The lowest BCUT2D eigenvalue weighted by Crippen LogP contribution is -2.34. The lowest BCUT2D eigenvalue weighted by molar-refractivity contribution is 0.0772. The first-order valence-corrected chi connectivity index (χ1v) is 9.42. The Bertz CT molecular complexity index is 981. The molecule has 2 heterocycles. The summed E-state index contributed by atoms with van der Waals surface area (Å²) in [7, 11) is 0. The molecule has 0 unspecified atom stereocenters. The number of aromatic amines is 1. The van der Waals surface area contributed by atoms with Crippen LogP contribution in [-0.4, -0.2) is 28.9 Å². The van der Waals surface area contributed by atoms with Gasteiger partial charge in [0.05, 0.1) is 5.56 Å². The second kappa shape index (κ2) is 7.28. The van der Waals surface area contributed by atoms with Gasteiger partial charge in [-0.3, -0.25) is 4.79 Å². The molecule has 0 fully saturated rings. The van der Waals surface area contributed by atoms with Crippen LogP contribution in [0.25, 0.3) is 16.8 Å². The number of hydrogen-bond donors (Lipinski definition) is 1. The minimum absolute atomic E-state index is 0.102. The molecule has 0 saturated carbocycles. The van der Waals surface area contributed by atoms with Crippen LogP contribution < -0.4 is 0 Å². The van der Waals surface area contributed by atoms with E-state index in [1.165, 1.54) is 16.7 Å². The summed E-state index contributed by atoms with van der Waals surface area (Å²) in [6.07, 6.45) is 3.07. The van der Waals surface area contributed by atoms with Crippen LogP contribution in [0.5, 0.6) is 0 Å². The topological polar surface area (TPSA) is 36.1 Å². The second-order valence-electron chi connectivity index (χ2n) is 7.18. The minimum Gasteiger partial charge on any atom is -0.358 e. The summed E-state index contributed by atoms with van der Waals surface area (Å²) in [5, 5.41) is 0. The van der Waals surface area contributed by atoms with Crippen LogP contribution in [0.4, 0.5) is 0 Å². The fraction of sp³-hybridized carbons (Fsp3) is 0.208. The van der Waals surface area contributed by atoms with E-state index in [0.29, 0.717) is 6.54 Å². The van der Waals surface area contributed by atoms with Crippen molar-refractivity contribution in [1.29, 1.82) is 0 Å². The summed E-state index contributed by atoms with van der Waals surface area (Å²) in [4.78, 5) is 18.3. The number of carbonyl (C=O) groups is 1. The number of amides is 1. The molecule has 3 heteroatoms. The molecule has 0 saturated heterocycles. The Kier molecular flexibility index (Phi) is 4.68. The zero-order chi connectivity index (χ0) is 18.8. The van der Waals surface area contributed by atoms with Crippen molar-refractivity contribution < 1.29 is 4.79 Å². The van der Waals surface area contributed by atoms with Crippen LogP contribution >= 0.6 is 0 Å². The molecule has 1 aliphatic rings. The number of nitrogens with zero attached hydrogens (tertiary/aromatic N) is 1. The highest BCUT2D eigenvalue weighted by molar-refractivity contribution is 5.97. The van der Waals surface area contributed by atoms with Gasteiger partial charge in [-0.1, -0.05) is 66.2 Å². The smallest absolute Gasteiger partial charge is 0.255 e. The number of hydrogen-bond acceptors (Lipinski definition) is 1. The monoisotopic (exact) mass is 356 g/mol. The van der Waals surface area contributed by atoms with Gasteiger partial charge in [-0.25, -0.2) is 0 Å². The van der Waals surface area contributed by atoms with Crippen LogP contribution in [0.2, 0.25) is 0 Å². The summed E-state index contributed by atoms with van der Waals surface area (Å²) in [6.45, 7) is 5.46. The van der Waals surface area contributed by atoms with Gasteiger partial charge in [-0.15, -0.1) is 0 Å². The van der Waals surface area contributed by atoms with Gasteiger partial charge in [0.2, 0.25) is 0 Å². The number of aromatic nitrogens is 1. The Balaban J connectivity index is 1.52. The number of aryl methyl sites for hydroxylation is 2. The first-order chi connectivity index (χ1) is 13.1. The molecule has 1 aliphatic heterocycles. The van der Waals surface area contributed by atoms with Crippen molar-refractivity contribution >= 4 is 11.5 Å². The SMILES string of the molecule is Cc1ccc(-c2cc(C(=O)N3CC=C(c4ccccc4)CC3)c(C)[nH]2)cc1. The highest BCUT2D eigenvalue weighted by Gasteiger charge is 2.22. The van der Waals surface area contributed by atoms with E-state index in [1.807, 2.05) is 24.0 Å². The van der Waals surface area contributed by atoms with E-state index < -0.39 is 0 Å². The maximum Gasteiger partial charge on any atom is 0.255 e. The summed E-state index contributed by atoms with van der Waals surface area (Å²) < 4.78 is 0. The Morgan fingerprint density at radius 3 is 2.37 bits per heavy atom. The van der Waals surface area contributed by atoms with Gasteiger partial charge in [-0.05, 0) is 43.0 Å². The van der Waals surface area contributed by atoms with E-state index in [9.17, 15) is 4.79 Å². The molecule has 27 heavy (non-hydrogen) atoms. The summed E-state index contributed by atoms with van der Waals surface area (Å²) in [5.41, 5.74) is 7.60. The van der Waals surface area contributed by atoms with Gasteiger partial charge < -0.3 is 9.88 Å². The van der Waals surface area contributed by atoms with Crippen molar-refractivity contribution in [3.05, 3.63) is 89.1 Å². The fourth-order valence-corrected chi connectivity index (χ4v) is 3.61. The number of carbonyl (C=O) groups excluding carboxylic acids is 1. The summed E-state index contributed by atoms with van der Waals surface area (Å²) >= 11 is 0. The van der Waals surface area contributed by atoms with Crippen molar-refractivity contribution in [3.63, 3.8) is 0 Å². The fourth-order valence-electron chi connectivity index (χ4n) is 3.61. The zero-order valence-corrected chi connectivity index (χ0v) is 15.8. The van der Waals surface area contributed by atoms with Crippen molar-refractivity contribution in [1.82, 2.24) is 9.88 Å². The molecule has 1 N–H and O–H groups in total. The average molecular weight is 356 g/mol. The standard InChI is InChI=1S/C24H24N2O/c1-17-8-10-21(11-9-17)23-16-22(18(2)25-23)24(27)26-14-12-20(13-15-26)19-6-4-3-5-7-19/h3-12,16,25H,13-15H2,1-2H3. The molecule has 3 nitrogen and oxygen atoms in total. The Hall–Kier alpha value is -3.07. The molecule has 1 aromatic heterocycles. The summed E-state index contributed by atoms with van der Waals surface area (Å²) in [5.74, 6) is 0.102. The predicted molar refractivity (Wildman–Crippen MR) is 111 cm³/mol. The molecule has 136 valence electrons. The molecule has 3 aromatic rings. The second-order valence-corrected chi connectivity index (χ2v) is 7.18. The van der Waals surface area contributed by atoms with Crippen LogP contribution in [0, 0.1) is 13.8 Å². The number of benzene rings is 2. The van der Waals surface area contributed by atoms with Gasteiger partial charge in [0, 0.05) is 24.5 Å². The molecule has 0 spiro atoms. The van der Waals surface area contributed by atoms with Crippen LogP contribution in [0.3, 0.4) is 0 Å². The first kappa shape index (κ1) is 17.3. The van der Waals surface area contributed by atoms with E-state index in [4.69, 9.17) is 0 Å². The molecular weight excluding hydrogens is 332 g/mol. The minimum atomic E-state index is 0.102. The molecule has 0 radical (unpaired) electrons. The van der Waals surface area contributed by atoms with Crippen LogP contribution in [-0.2, 0) is 0 Å². The third-order valence-corrected chi connectivity index (χ3v) is 5.25. The highest BCUT2D eigenvalue weighted by atomic mass is 16.2. The van der Waals surface area contributed by atoms with Gasteiger partial charge in [0.1, 0.15) is 0 Å². The average Bonchev–Trinajstić information content (AvgIpc) is 3.10. The summed E-state index contributed by atoms with van der Waals surface area (Å²) in [6, 6.07) is 20.8. The van der Waals surface area contributed by atoms with Gasteiger partial charge in [0.15, 0.2) is 0 Å². The molecule has 2 aromatic carbocycles. The molecule has 0 atom stereocenters. The largest absolute Gasteiger partial charge is 0.358 e. The molecule has 4 rings (SSSR count). The Morgan fingerprint density at radius 2 is 1.70 bits per heavy atom.